The lowest BCUT2D eigenvalue weighted by molar-refractivity contribution is -0.148. The van der Waals surface area contributed by atoms with Crippen molar-refractivity contribution in [3.05, 3.63) is 0 Å². The molecule has 3 fully saturated rings. The van der Waals surface area contributed by atoms with Crippen molar-refractivity contribution in [3.63, 3.8) is 0 Å². The highest BCUT2D eigenvalue weighted by Gasteiger charge is 2.58. The molecule has 6 atom stereocenters. The number of carboxylic acids is 1. The number of Topliss-reactive ketones (excluding diaryl/α,β-unsaturated/α-hetero) is 1. The van der Waals surface area contributed by atoms with Crippen molar-refractivity contribution in [2.75, 3.05) is 0 Å². The average Bonchev–Trinajstić information content (AvgIpc) is 2.94. The van der Waals surface area contributed by atoms with Crippen molar-refractivity contribution < 1.29 is 14.7 Å². The standard InChI is InChI=1S/C20H32O3.C2H6/c1-4-13-5-7-15-14-6-8-17(21)20(3,12-10-18(22)23)16(14)9-11-19(13,15)2;1-2/h13-16H,4-12H2,1-3H3,(H,22,23);1-2H3. The quantitative estimate of drug-likeness (QED) is 0.706. The molecule has 0 aliphatic heterocycles. The van der Waals surface area contributed by atoms with Gasteiger partial charge in [-0.3, -0.25) is 9.59 Å². The van der Waals surface area contributed by atoms with Crippen LogP contribution in [0.2, 0.25) is 0 Å². The van der Waals surface area contributed by atoms with Crippen LogP contribution >= 0.6 is 0 Å². The Morgan fingerprint density at radius 2 is 1.80 bits per heavy atom. The number of rotatable bonds is 4. The Kier molecular flexibility index (Phi) is 6.38. The molecule has 0 amide bonds. The third-order valence-corrected chi connectivity index (χ3v) is 8.14. The number of carbonyl (C=O) groups is 2. The lowest BCUT2D eigenvalue weighted by Gasteiger charge is -2.56. The van der Waals surface area contributed by atoms with Gasteiger partial charge < -0.3 is 5.11 Å². The van der Waals surface area contributed by atoms with E-state index in [1.807, 2.05) is 13.8 Å². The monoisotopic (exact) mass is 350 g/mol. The van der Waals surface area contributed by atoms with Crippen molar-refractivity contribution in [1.82, 2.24) is 0 Å². The zero-order chi connectivity index (χ0) is 18.8. The minimum absolute atomic E-state index is 0.130. The number of carboxylic acid groups (broad SMARTS) is 1. The molecule has 3 aliphatic rings. The highest BCUT2D eigenvalue weighted by Crippen LogP contribution is 2.64. The molecule has 0 aromatic heterocycles. The van der Waals surface area contributed by atoms with E-state index in [1.165, 1.54) is 25.7 Å². The Balaban J connectivity index is 0.00000109. The van der Waals surface area contributed by atoms with Crippen LogP contribution in [0, 0.1) is 34.5 Å². The molecule has 0 bridgehead atoms. The van der Waals surface area contributed by atoms with Crippen LogP contribution in [0.15, 0.2) is 0 Å². The number of hydrogen-bond acceptors (Lipinski definition) is 2. The molecule has 3 nitrogen and oxygen atoms in total. The first-order chi connectivity index (χ1) is 11.8. The predicted octanol–water partition coefficient (Wildman–Crippen LogP) is 5.72. The third kappa shape index (κ3) is 3.40. The molecule has 3 heteroatoms. The zero-order valence-corrected chi connectivity index (χ0v) is 16.9. The van der Waals surface area contributed by atoms with Crippen LogP contribution in [-0.4, -0.2) is 16.9 Å². The Labute approximate surface area is 154 Å². The second kappa shape index (κ2) is 7.80. The molecule has 6 unspecified atom stereocenters. The SMILES string of the molecule is CC.CCC1CCC2C3CCC(=O)C(C)(CCC(=O)O)C3CCC12C. The first kappa shape index (κ1) is 20.5. The fourth-order valence-corrected chi connectivity index (χ4v) is 6.74. The molecule has 3 aliphatic carbocycles. The summed E-state index contributed by atoms with van der Waals surface area (Å²) in [5, 5.41) is 9.09. The number of fused-ring (bicyclic) bond motifs is 3. The van der Waals surface area contributed by atoms with E-state index in [4.69, 9.17) is 5.11 Å². The van der Waals surface area contributed by atoms with Crippen LogP contribution in [0.4, 0.5) is 0 Å². The van der Waals surface area contributed by atoms with Crippen LogP contribution < -0.4 is 0 Å². The molecule has 0 saturated heterocycles. The Morgan fingerprint density at radius 1 is 1.12 bits per heavy atom. The van der Waals surface area contributed by atoms with Gasteiger partial charge in [0.25, 0.3) is 0 Å². The fraction of sp³-hybridized carbons (Fsp3) is 0.909. The summed E-state index contributed by atoms with van der Waals surface area (Å²) < 4.78 is 0. The van der Waals surface area contributed by atoms with Crippen LogP contribution in [0.5, 0.6) is 0 Å². The molecule has 0 heterocycles. The molecule has 3 saturated carbocycles. The summed E-state index contributed by atoms with van der Waals surface area (Å²) in [6.45, 7) is 10.9. The molecule has 25 heavy (non-hydrogen) atoms. The van der Waals surface area contributed by atoms with E-state index in [2.05, 4.69) is 20.8 Å². The van der Waals surface area contributed by atoms with Crippen molar-refractivity contribution in [3.8, 4) is 0 Å². The molecular weight excluding hydrogens is 312 g/mol. The van der Waals surface area contributed by atoms with Crippen LogP contribution in [-0.2, 0) is 9.59 Å². The summed E-state index contributed by atoms with van der Waals surface area (Å²) in [7, 11) is 0. The van der Waals surface area contributed by atoms with Gasteiger partial charge in [-0.1, -0.05) is 41.0 Å². The van der Waals surface area contributed by atoms with E-state index >= 15 is 0 Å². The second-order valence-electron chi connectivity index (χ2n) is 8.88. The summed E-state index contributed by atoms with van der Waals surface area (Å²) in [5.74, 6) is 2.21. The maximum Gasteiger partial charge on any atom is 0.303 e. The van der Waals surface area contributed by atoms with Crippen molar-refractivity contribution in [2.45, 2.75) is 92.4 Å². The molecule has 3 rings (SSSR count). The molecule has 0 spiro atoms. The van der Waals surface area contributed by atoms with Crippen molar-refractivity contribution >= 4 is 11.8 Å². The Hall–Kier alpha value is -0.860. The lowest BCUT2D eigenvalue weighted by Crippen LogP contribution is -2.52. The van der Waals surface area contributed by atoms with Gasteiger partial charge in [-0.05, 0) is 67.6 Å². The minimum atomic E-state index is -0.770. The molecular formula is C22H38O3. The van der Waals surface area contributed by atoms with Gasteiger partial charge in [-0.25, -0.2) is 0 Å². The van der Waals surface area contributed by atoms with E-state index in [0.717, 1.165) is 24.7 Å². The number of ketones is 1. The van der Waals surface area contributed by atoms with Crippen LogP contribution in [0.1, 0.15) is 92.4 Å². The molecule has 0 radical (unpaired) electrons. The number of carbonyl (C=O) groups excluding carboxylic acids is 1. The largest absolute Gasteiger partial charge is 0.481 e. The van der Waals surface area contributed by atoms with Gasteiger partial charge in [-0.2, -0.15) is 0 Å². The molecule has 0 aromatic rings. The highest BCUT2D eigenvalue weighted by atomic mass is 16.4. The summed E-state index contributed by atoms with van der Waals surface area (Å²) in [5.41, 5.74) is 0.0664. The van der Waals surface area contributed by atoms with E-state index in [1.54, 1.807) is 0 Å². The van der Waals surface area contributed by atoms with Gasteiger partial charge >= 0.3 is 5.97 Å². The second-order valence-corrected chi connectivity index (χ2v) is 8.88. The van der Waals surface area contributed by atoms with Crippen molar-refractivity contribution in [1.29, 1.82) is 0 Å². The summed E-state index contributed by atoms with van der Waals surface area (Å²) >= 11 is 0. The van der Waals surface area contributed by atoms with E-state index < -0.39 is 11.4 Å². The minimum Gasteiger partial charge on any atom is -0.481 e. The summed E-state index contributed by atoms with van der Waals surface area (Å²) in [6, 6.07) is 0. The van der Waals surface area contributed by atoms with Crippen molar-refractivity contribution in [2.24, 2.45) is 34.5 Å². The van der Waals surface area contributed by atoms with Gasteiger partial charge in [-0.15, -0.1) is 0 Å². The normalized spacial score (nSPS) is 42.8. The van der Waals surface area contributed by atoms with Gasteiger partial charge in [0.05, 0.1) is 0 Å². The number of aliphatic carboxylic acids is 1. The smallest absolute Gasteiger partial charge is 0.303 e. The topological polar surface area (TPSA) is 54.4 Å². The first-order valence-electron chi connectivity index (χ1n) is 10.6. The Morgan fingerprint density at radius 3 is 2.40 bits per heavy atom. The van der Waals surface area contributed by atoms with Gasteiger partial charge in [0, 0.05) is 18.3 Å². The molecule has 1 N–H and O–H groups in total. The first-order valence-corrected chi connectivity index (χ1v) is 10.6. The highest BCUT2D eigenvalue weighted by molar-refractivity contribution is 5.86. The van der Waals surface area contributed by atoms with Gasteiger partial charge in [0.1, 0.15) is 5.78 Å². The van der Waals surface area contributed by atoms with E-state index in [9.17, 15) is 9.59 Å². The lowest BCUT2D eigenvalue weighted by atomic mass is 9.48. The number of hydrogen-bond donors (Lipinski definition) is 1. The maximum atomic E-state index is 12.7. The fourth-order valence-electron chi connectivity index (χ4n) is 6.74. The predicted molar refractivity (Wildman–Crippen MR) is 101 cm³/mol. The molecule has 144 valence electrons. The van der Waals surface area contributed by atoms with E-state index in [-0.39, 0.29) is 6.42 Å². The van der Waals surface area contributed by atoms with E-state index in [0.29, 0.717) is 35.9 Å². The third-order valence-electron chi connectivity index (χ3n) is 8.14. The van der Waals surface area contributed by atoms with Gasteiger partial charge in [0.15, 0.2) is 0 Å². The molecule has 0 aromatic carbocycles. The van der Waals surface area contributed by atoms with Crippen LogP contribution in [0.25, 0.3) is 0 Å². The summed E-state index contributed by atoms with van der Waals surface area (Å²) in [6.07, 6.45) is 8.67. The Bertz CT molecular complexity index is 500. The summed E-state index contributed by atoms with van der Waals surface area (Å²) in [4.78, 5) is 23.7. The van der Waals surface area contributed by atoms with Gasteiger partial charge in [0.2, 0.25) is 0 Å². The van der Waals surface area contributed by atoms with Crippen LogP contribution in [0.3, 0.4) is 0 Å². The maximum absolute atomic E-state index is 12.7. The average molecular weight is 351 g/mol. The zero-order valence-electron chi connectivity index (χ0n) is 16.9.